The maximum absolute atomic E-state index is 13.7. The van der Waals surface area contributed by atoms with Gasteiger partial charge in [0.15, 0.2) is 0 Å². The van der Waals surface area contributed by atoms with Gasteiger partial charge in [0.2, 0.25) is 5.91 Å². The summed E-state index contributed by atoms with van der Waals surface area (Å²) < 4.78 is 19.3. The predicted molar refractivity (Wildman–Crippen MR) is 79.4 cm³/mol. The highest BCUT2D eigenvalue weighted by atomic mass is 19.1. The Morgan fingerprint density at radius 2 is 2.05 bits per heavy atom. The lowest BCUT2D eigenvalue weighted by Crippen LogP contribution is -2.08. The fourth-order valence-corrected chi connectivity index (χ4v) is 1.91. The maximum Gasteiger partial charge on any atom is 0.221 e. The van der Waals surface area contributed by atoms with Gasteiger partial charge in [-0.2, -0.15) is 0 Å². The minimum absolute atomic E-state index is 0.0657. The molecule has 2 aromatic carbocycles. The highest BCUT2D eigenvalue weighted by Gasteiger charge is 2.08. The van der Waals surface area contributed by atoms with Crippen LogP contribution in [0.25, 0.3) is 0 Å². The van der Waals surface area contributed by atoms with Gasteiger partial charge >= 0.3 is 0 Å². The first-order chi connectivity index (χ1) is 10.1. The average Bonchev–Trinajstić information content (AvgIpc) is 2.47. The van der Waals surface area contributed by atoms with E-state index in [1.165, 1.54) is 13.0 Å². The van der Waals surface area contributed by atoms with Crippen molar-refractivity contribution in [3.63, 3.8) is 0 Å². The Balaban J connectivity index is 2.15. The lowest BCUT2D eigenvalue weighted by molar-refractivity contribution is -0.114. The zero-order valence-corrected chi connectivity index (χ0v) is 11.7. The number of carbonyl (C=O) groups is 1. The molecular formula is C16H17FN2O2. The molecule has 0 saturated carbocycles. The molecule has 21 heavy (non-hydrogen) atoms. The van der Waals surface area contributed by atoms with E-state index in [1.807, 2.05) is 0 Å². The van der Waals surface area contributed by atoms with Gasteiger partial charge in [-0.15, -0.1) is 0 Å². The fourth-order valence-electron chi connectivity index (χ4n) is 1.91. The Kier molecular flexibility index (Phi) is 4.90. The molecule has 0 unspecified atom stereocenters. The summed E-state index contributed by atoms with van der Waals surface area (Å²) in [6, 6.07) is 11.7. The van der Waals surface area contributed by atoms with Crippen molar-refractivity contribution in [1.82, 2.24) is 0 Å². The first-order valence-electron chi connectivity index (χ1n) is 6.57. The third-order valence-corrected chi connectivity index (χ3v) is 2.93. The summed E-state index contributed by atoms with van der Waals surface area (Å²) in [5.74, 6) is -0.0446. The molecule has 110 valence electrons. The molecule has 0 heterocycles. The Morgan fingerprint density at radius 1 is 1.29 bits per heavy atom. The lowest BCUT2D eigenvalue weighted by atomic mass is 10.1. The largest absolute Gasteiger partial charge is 0.487 e. The van der Waals surface area contributed by atoms with Crippen molar-refractivity contribution in [2.24, 2.45) is 5.73 Å². The van der Waals surface area contributed by atoms with Crippen molar-refractivity contribution in [2.45, 2.75) is 20.1 Å². The molecule has 4 nitrogen and oxygen atoms in total. The second-order valence-electron chi connectivity index (χ2n) is 4.60. The molecule has 0 aromatic heterocycles. The van der Waals surface area contributed by atoms with Crippen molar-refractivity contribution in [1.29, 1.82) is 0 Å². The molecular weight excluding hydrogens is 271 g/mol. The monoisotopic (exact) mass is 288 g/mol. The van der Waals surface area contributed by atoms with Crippen molar-refractivity contribution in [2.75, 3.05) is 5.32 Å². The van der Waals surface area contributed by atoms with E-state index >= 15 is 0 Å². The molecule has 0 saturated heterocycles. The third kappa shape index (κ3) is 4.03. The quantitative estimate of drug-likeness (QED) is 0.889. The van der Waals surface area contributed by atoms with Crippen LogP contribution in [-0.2, 0) is 17.9 Å². The summed E-state index contributed by atoms with van der Waals surface area (Å²) in [7, 11) is 0. The molecule has 0 aliphatic heterocycles. The molecule has 0 radical (unpaired) electrons. The summed E-state index contributed by atoms with van der Waals surface area (Å²) >= 11 is 0. The number of hydrogen-bond donors (Lipinski definition) is 2. The summed E-state index contributed by atoms with van der Waals surface area (Å²) in [5, 5.41) is 2.67. The number of hydrogen-bond acceptors (Lipinski definition) is 3. The minimum Gasteiger partial charge on any atom is -0.487 e. The molecule has 0 aliphatic rings. The van der Waals surface area contributed by atoms with Crippen molar-refractivity contribution in [3.05, 3.63) is 59.4 Å². The van der Waals surface area contributed by atoms with Crippen LogP contribution in [-0.4, -0.2) is 5.91 Å². The Morgan fingerprint density at radius 3 is 2.76 bits per heavy atom. The van der Waals surface area contributed by atoms with Crippen LogP contribution in [0, 0.1) is 5.82 Å². The van der Waals surface area contributed by atoms with E-state index in [4.69, 9.17) is 10.5 Å². The predicted octanol–water partition coefficient (Wildman–Crippen LogP) is 2.82. The van der Waals surface area contributed by atoms with Gasteiger partial charge in [-0.05, 0) is 29.8 Å². The van der Waals surface area contributed by atoms with Gasteiger partial charge in [0.25, 0.3) is 0 Å². The third-order valence-electron chi connectivity index (χ3n) is 2.93. The highest BCUT2D eigenvalue weighted by molar-refractivity contribution is 5.90. The summed E-state index contributed by atoms with van der Waals surface area (Å²) in [4.78, 5) is 11.1. The van der Waals surface area contributed by atoms with E-state index in [1.54, 1.807) is 36.4 Å². The van der Waals surface area contributed by atoms with Crippen molar-refractivity contribution in [3.8, 4) is 5.75 Å². The normalized spacial score (nSPS) is 10.2. The second-order valence-corrected chi connectivity index (χ2v) is 4.60. The number of nitrogens with two attached hydrogens (primary N) is 1. The highest BCUT2D eigenvalue weighted by Crippen LogP contribution is 2.25. The number of anilines is 1. The van der Waals surface area contributed by atoms with Gasteiger partial charge in [0, 0.05) is 19.0 Å². The average molecular weight is 288 g/mol. The molecule has 3 N–H and O–H groups in total. The number of para-hydroxylation sites is 2. The van der Waals surface area contributed by atoms with Gasteiger partial charge in [0.1, 0.15) is 18.2 Å². The minimum atomic E-state index is -0.343. The smallest absolute Gasteiger partial charge is 0.221 e. The first kappa shape index (κ1) is 15.0. The zero-order valence-electron chi connectivity index (χ0n) is 11.7. The standard InChI is InChI=1S/C16H17FN2O2/c1-11(20)19-15-4-2-3-5-16(15)21-10-13-8-12(9-18)6-7-14(13)17/h2-8H,9-10,18H2,1H3,(H,19,20). The summed E-state index contributed by atoms with van der Waals surface area (Å²) in [6.07, 6.45) is 0. The number of rotatable bonds is 5. The Labute approximate surface area is 122 Å². The number of ether oxygens (including phenoxy) is 1. The van der Waals surface area contributed by atoms with E-state index in [-0.39, 0.29) is 18.3 Å². The van der Waals surface area contributed by atoms with E-state index in [2.05, 4.69) is 5.32 Å². The molecule has 1 amide bonds. The second kappa shape index (κ2) is 6.85. The van der Waals surface area contributed by atoms with Crippen LogP contribution in [0.5, 0.6) is 5.75 Å². The number of benzene rings is 2. The van der Waals surface area contributed by atoms with Crippen LogP contribution < -0.4 is 15.8 Å². The van der Waals surface area contributed by atoms with Gasteiger partial charge in [-0.1, -0.05) is 18.2 Å². The van der Waals surface area contributed by atoms with Crippen molar-refractivity contribution < 1.29 is 13.9 Å². The molecule has 2 aromatic rings. The molecule has 0 bridgehead atoms. The van der Waals surface area contributed by atoms with E-state index in [0.29, 0.717) is 23.5 Å². The van der Waals surface area contributed by atoms with E-state index < -0.39 is 0 Å². The SMILES string of the molecule is CC(=O)Nc1ccccc1OCc1cc(CN)ccc1F. The van der Waals surface area contributed by atoms with Gasteiger partial charge < -0.3 is 15.8 Å². The van der Waals surface area contributed by atoms with E-state index in [9.17, 15) is 9.18 Å². The van der Waals surface area contributed by atoms with Crippen LogP contribution in [0.15, 0.2) is 42.5 Å². The number of carbonyl (C=O) groups excluding carboxylic acids is 1. The zero-order chi connectivity index (χ0) is 15.2. The maximum atomic E-state index is 13.7. The molecule has 5 heteroatoms. The van der Waals surface area contributed by atoms with Gasteiger partial charge in [-0.25, -0.2) is 4.39 Å². The summed E-state index contributed by atoms with van der Waals surface area (Å²) in [6.45, 7) is 1.83. The Bertz CT molecular complexity index is 644. The first-order valence-corrected chi connectivity index (χ1v) is 6.57. The van der Waals surface area contributed by atoms with Crippen LogP contribution in [0.1, 0.15) is 18.1 Å². The van der Waals surface area contributed by atoms with Crippen LogP contribution in [0.3, 0.4) is 0 Å². The molecule has 2 rings (SSSR count). The lowest BCUT2D eigenvalue weighted by Gasteiger charge is -2.12. The van der Waals surface area contributed by atoms with Crippen LogP contribution >= 0.6 is 0 Å². The summed E-state index contributed by atoms with van der Waals surface area (Å²) in [5.41, 5.74) is 7.36. The Hall–Kier alpha value is -2.40. The van der Waals surface area contributed by atoms with Crippen LogP contribution in [0.4, 0.5) is 10.1 Å². The molecule has 0 spiro atoms. The molecule has 0 atom stereocenters. The number of amides is 1. The molecule has 0 aliphatic carbocycles. The van der Waals surface area contributed by atoms with Crippen molar-refractivity contribution >= 4 is 11.6 Å². The topological polar surface area (TPSA) is 64.3 Å². The molecule has 0 fully saturated rings. The van der Waals surface area contributed by atoms with Crippen LogP contribution in [0.2, 0.25) is 0 Å². The number of halogens is 1. The van der Waals surface area contributed by atoms with E-state index in [0.717, 1.165) is 5.56 Å². The fraction of sp³-hybridized carbons (Fsp3) is 0.188. The van der Waals surface area contributed by atoms with Gasteiger partial charge in [-0.3, -0.25) is 4.79 Å². The number of nitrogens with one attached hydrogen (secondary N) is 1. The van der Waals surface area contributed by atoms with Gasteiger partial charge in [0.05, 0.1) is 5.69 Å².